The molecule has 25 heavy (non-hydrogen) atoms. The van der Waals surface area contributed by atoms with E-state index in [2.05, 4.69) is 10.2 Å². The van der Waals surface area contributed by atoms with Crippen molar-refractivity contribution in [3.63, 3.8) is 0 Å². The fourth-order valence-electron chi connectivity index (χ4n) is 2.37. The number of carboxylic acid groups (broad SMARTS) is 1. The summed E-state index contributed by atoms with van der Waals surface area (Å²) < 4.78 is 28.1. The van der Waals surface area contributed by atoms with Crippen molar-refractivity contribution in [2.45, 2.75) is 13.8 Å². The first-order chi connectivity index (χ1) is 11.9. The number of fused-ring (bicyclic) bond motifs is 1. The summed E-state index contributed by atoms with van der Waals surface area (Å²) in [5.41, 5.74) is -1.00. The van der Waals surface area contributed by atoms with Gasteiger partial charge in [-0.2, -0.15) is 5.10 Å². The molecule has 0 aliphatic rings. The molecular formula is C17H15F2N3O3. The van der Waals surface area contributed by atoms with Crippen LogP contribution in [0.4, 0.5) is 8.78 Å². The van der Waals surface area contributed by atoms with Crippen molar-refractivity contribution in [2.75, 3.05) is 0 Å². The molecule has 0 atom stereocenters. The van der Waals surface area contributed by atoms with Gasteiger partial charge in [0.15, 0.2) is 0 Å². The van der Waals surface area contributed by atoms with Crippen molar-refractivity contribution in [1.82, 2.24) is 14.8 Å². The third-order valence-electron chi connectivity index (χ3n) is 3.44. The normalized spacial score (nSPS) is 10.3. The summed E-state index contributed by atoms with van der Waals surface area (Å²) in [4.78, 5) is 23.2. The molecule has 0 aliphatic carbocycles. The molecule has 0 bridgehead atoms. The van der Waals surface area contributed by atoms with Gasteiger partial charge in [0.1, 0.15) is 22.9 Å². The van der Waals surface area contributed by atoms with Gasteiger partial charge in [-0.3, -0.25) is 4.79 Å². The topological polar surface area (TPSA) is 85.1 Å². The lowest BCUT2D eigenvalue weighted by Gasteiger charge is -2.11. The number of carbonyl (C=O) groups is 1. The van der Waals surface area contributed by atoms with Crippen LogP contribution in [0.5, 0.6) is 0 Å². The van der Waals surface area contributed by atoms with Crippen molar-refractivity contribution in [2.24, 2.45) is 7.05 Å². The highest BCUT2D eigenvalue weighted by molar-refractivity contribution is 5.96. The summed E-state index contributed by atoms with van der Waals surface area (Å²) in [6.07, 6.45) is 1.27. The number of hydrogen-bond acceptors (Lipinski definition) is 4. The second-order valence-corrected chi connectivity index (χ2v) is 4.85. The van der Waals surface area contributed by atoms with E-state index in [4.69, 9.17) is 5.11 Å². The van der Waals surface area contributed by atoms with Gasteiger partial charge in [-0.15, -0.1) is 5.10 Å². The maximum Gasteiger partial charge on any atom is 0.341 e. The second kappa shape index (κ2) is 7.16. The molecule has 2 aromatic heterocycles. The van der Waals surface area contributed by atoms with Crippen LogP contribution < -0.4 is 5.56 Å². The van der Waals surface area contributed by atoms with E-state index in [-0.39, 0.29) is 16.8 Å². The molecule has 0 saturated heterocycles. The Kier molecular flexibility index (Phi) is 5.21. The highest BCUT2D eigenvalue weighted by atomic mass is 19.1. The van der Waals surface area contributed by atoms with Crippen molar-refractivity contribution >= 4 is 16.9 Å². The van der Waals surface area contributed by atoms with Crippen molar-refractivity contribution < 1.29 is 18.7 Å². The molecule has 130 valence electrons. The monoisotopic (exact) mass is 347 g/mol. The molecule has 0 aliphatic heterocycles. The molecule has 2 heterocycles. The number of carboxylic acids is 1. The van der Waals surface area contributed by atoms with Crippen molar-refractivity contribution in [3.8, 4) is 11.3 Å². The van der Waals surface area contributed by atoms with Crippen LogP contribution in [0.15, 0.2) is 35.3 Å². The number of nitrogens with zero attached hydrogens (tertiary/aromatic N) is 3. The first-order valence-electron chi connectivity index (χ1n) is 7.44. The third-order valence-corrected chi connectivity index (χ3v) is 3.44. The number of pyridine rings is 1. The molecule has 0 radical (unpaired) electrons. The van der Waals surface area contributed by atoms with Crippen LogP contribution in [0, 0.1) is 11.6 Å². The highest BCUT2D eigenvalue weighted by Gasteiger charge is 2.18. The van der Waals surface area contributed by atoms with Crippen LogP contribution >= 0.6 is 0 Å². The molecule has 0 unspecified atom stereocenters. The summed E-state index contributed by atoms with van der Waals surface area (Å²) in [5, 5.41) is 16.9. The number of benzene rings is 1. The van der Waals surface area contributed by atoms with E-state index < -0.39 is 28.7 Å². The Morgan fingerprint density at radius 2 is 1.88 bits per heavy atom. The fourth-order valence-corrected chi connectivity index (χ4v) is 2.37. The van der Waals surface area contributed by atoms with Gasteiger partial charge >= 0.3 is 5.97 Å². The zero-order valence-corrected chi connectivity index (χ0v) is 13.7. The van der Waals surface area contributed by atoms with Gasteiger partial charge < -0.3 is 9.67 Å². The zero-order valence-electron chi connectivity index (χ0n) is 13.7. The summed E-state index contributed by atoms with van der Waals surface area (Å²) >= 11 is 0. The Morgan fingerprint density at radius 1 is 1.20 bits per heavy atom. The van der Waals surface area contributed by atoms with Crippen LogP contribution in [0.25, 0.3) is 22.2 Å². The van der Waals surface area contributed by atoms with E-state index >= 15 is 0 Å². The predicted molar refractivity (Wildman–Crippen MR) is 88.4 cm³/mol. The van der Waals surface area contributed by atoms with Crippen LogP contribution in [0.1, 0.15) is 24.2 Å². The molecule has 6 nitrogen and oxygen atoms in total. The Balaban J connectivity index is 0.00000109. The Bertz CT molecular complexity index is 1020. The summed E-state index contributed by atoms with van der Waals surface area (Å²) in [5.74, 6) is -2.98. The number of rotatable bonds is 2. The average Bonchev–Trinajstić information content (AvgIpc) is 2.59. The van der Waals surface area contributed by atoms with Gasteiger partial charge in [0, 0.05) is 24.1 Å². The van der Waals surface area contributed by atoms with Gasteiger partial charge in [0.2, 0.25) is 0 Å². The maximum absolute atomic E-state index is 14.0. The van der Waals surface area contributed by atoms with Crippen LogP contribution in [-0.2, 0) is 7.05 Å². The molecule has 0 spiro atoms. The molecular weight excluding hydrogens is 332 g/mol. The van der Waals surface area contributed by atoms with Crippen LogP contribution in [-0.4, -0.2) is 25.8 Å². The Labute approximate surface area is 141 Å². The van der Waals surface area contributed by atoms with E-state index in [1.54, 1.807) is 0 Å². The van der Waals surface area contributed by atoms with Crippen LogP contribution in [0.3, 0.4) is 0 Å². The van der Waals surface area contributed by atoms with Gasteiger partial charge in [-0.25, -0.2) is 13.6 Å². The summed E-state index contributed by atoms with van der Waals surface area (Å²) in [6, 6.07) is 4.09. The first kappa shape index (κ1) is 18.2. The summed E-state index contributed by atoms with van der Waals surface area (Å²) in [6.45, 7) is 4.00. The van der Waals surface area contributed by atoms with Crippen molar-refractivity contribution in [3.05, 3.63) is 58.0 Å². The van der Waals surface area contributed by atoms with Gasteiger partial charge in [-0.05, 0) is 18.2 Å². The van der Waals surface area contributed by atoms with E-state index in [0.29, 0.717) is 11.5 Å². The van der Waals surface area contributed by atoms with Gasteiger partial charge in [-0.1, -0.05) is 13.8 Å². The molecule has 8 heteroatoms. The minimum atomic E-state index is -1.38. The zero-order chi connectivity index (χ0) is 18.7. The van der Waals surface area contributed by atoms with E-state index in [9.17, 15) is 18.4 Å². The van der Waals surface area contributed by atoms with Crippen LogP contribution in [0.2, 0.25) is 0 Å². The highest BCUT2D eigenvalue weighted by Crippen LogP contribution is 2.27. The van der Waals surface area contributed by atoms with E-state index in [1.165, 1.54) is 19.3 Å². The van der Waals surface area contributed by atoms with Gasteiger partial charge in [0.05, 0.1) is 11.7 Å². The van der Waals surface area contributed by atoms with Crippen molar-refractivity contribution in [1.29, 1.82) is 0 Å². The summed E-state index contributed by atoms with van der Waals surface area (Å²) in [7, 11) is 1.35. The largest absolute Gasteiger partial charge is 0.477 e. The lowest BCUT2D eigenvalue weighted by molar-refractivity contribution is 0.0694. The molecule has 0 saturated carbocycles. The molecule has 0 amide bonds. The third kappa shape index (κ3) is 3.23. The number of aryl methyl sites for hydroxylation is 1. The first-order valence-corrected chi connectivity index (χ1v) is 7.44. The lowest BCUT2D eigenvalue weighted by Crippen LogP contribution is -2.25. The standard InChI is InChI=1S/C15H9F2N3O3.C2H6/c1-20-13-7(4-10(14(20)21)15(22)23)6-18-19-12(13)9-3-2-8(16)5-11(9)17;1-2/h2-6H,1H3,(H,22,23);1-2H3. The quantitative estimate of drug-likeness (QED) is 0.770. The minimum absolute atomic E-state index is 0.0246. The smallest absolute Gasteiger partial charge is 0.341 e. The SMILES string of the molecule is CC.Cn1c(=O)c(C(=O)O)cc2cnnc(-c3ccc(F)cc3F)c21. The second-order valence-electron chi connectivity index (χ2n) is 4.85. The lowest BCUT2D eigenvalue weighted by atomic mass is 10.1. The molecule has 3 aromatic rings. The van der Waals surface area contributed by atoms with E-state index in [0.717, 1.165) is 16.7 Å². The Hall–Kier alpha value is -3.16. The maximum atomic E-state index is 14.0. The predicted octanol–water partition coefficient (Wildman–Crippen LogP) is 3.00. The molecule has 1 aromatic carbocycles. The van der Waals surface area contributed by atoms with E-state index in [1.807, 2.05) is 13.8 Å². The fraction of sp³-hybridized carbons (Fsp3) is 0.176. The Morgan fingerprint density at radius 3 is 2.48 bits per heavy atom. The number of hydrogen-bond donors (Lipinski definition) is 1. The minimum Gasteiger partial charge on any atom is -0.477 e. The molecule has 1 N–H and O–H groups in total. The molecule has 3 rings (SSSR count). The number of halogens is 2. The average molecular weight is 347 g/mol. The number of aromatic carboxylic acids is 1. The van der Waals surface area contributed by atoms with Gasteiger partial charge in [0.25, 0.3) is 5.56 Å². The number of aromatic nitrogens is 3. The molecule has 0 fully saturated rings.